The van der Waals surface area contributed by atoms with Gasteiger partial charge < -0.3 is 10.6 Å². The van der Waals surface area contributed by atoms with Crippen LogP contribution < -0.4 is 5.73 Å². The van der Waals surface area contributed by atoms with E-state index in [0.29, 0.717) is 12.1 Å². The maximum atomic E-state index is 14.0. The van der Waals surface area contributed by atoms with Gasteiger partial charge in [-0.25, -0.2) is 4.39 Å². The fourth-order valence-electron chi connectivity index (χ4n) is 1.95. The zero-order valence-corrected chi connectivity index (χ0v) is 12.2. The lowest BCUT2D eigenvalue weighted by atomic mass is 10.1. The highest BCUT2D eigenvalue weighted by molar-refractivity contribution is 5.94. The summed E-state index contributed by atoms with van der Waals surface area (Å²) in [6, 6.07) is 4.50. The molecular formula is C16H21FN2O. The molecule has 0 fully saturated rings. The Hall–Kier alpha value is -1.86. The summed E-state index contributed by atoms with van der Waals surface area (Å²) in [6.45, 7) is 6.63. The van der Waals surface area contributed by atoms with Crippen LogP contribution in [-0.4, -0.2) is 29.9 Å². The largest absolute Gasteiger partial charge is 0.336 e. The van der Waals surface area contributed by atoms with Crippen LogP contribution in [0.4, 0.5) is 4.39 Å². The van der Waals surface area contributed by atoms with Crippen molar-refractivity contribution in [1.82, 2.24) is 4.90 Å². The molecule has 0 aliphatic carbocycles. The fraction of sp³-hybridized carbons (Fsp3) is 0.438. The van der Waals surface area contributed by atoms with Gasteiger partial charge in [0.1, 0.15) is 5.82 Å². The predicted octanol–water partition coefficient (Wildman–Crippen LogP) is 2.40. The number of benzene rings is 1. The van der Waals surface area contributed by atoms with Crippen LogP contribution in [0.15, 0.2) is 18.2 Å². The van der Waals surface area contributed by atoms with Gasteiger partial charge in [-0.3, -0.25) is 4.79 Å². The SMILES string of the molecule is CCC(C)N(CC)C(=O)c1ccc(C#CCN)cc1F. The van der Waals surface area contributed by atoms with E-state index in [1.54, 1.807) is 11.0 Å². The second-order valence-corrected chi connectivity index (χ2v) is 4.55. The van der Waals surface area contributed by atoms with Gasteiger partial charge in [-0.2, -0.15) is 0 Å². The van der Waals surface area contributed by atoms with Gasteiger partial charge in [0.2, 0.25) is 0 Å². The Morgan fingerprint density at radius 3 is 2.65 bits per heavy atom. The number of halogens is 1. The Labute approximate surface area is 120 Å². The summed E-state index contributed by atoms with van der Waals surface area (Å²) in [5, 5.41) is 0. The molecular weight excluding hydrogens is 255 g/mol. The normalized spacial score (nSPS) is 11.4. The van der Waals surface area contributed by atoms with E-state index >= 15 is 0 Å². The van der Waals surface area contributed by atoms with Crippen molar-refractivity contribution in [3.63, 3.8) is 0 Å². The second kappa shape index (κ2) is 7.66. The monoisotopic (exact) mass is 276 g/mol. The standard InChI is InChI=1S/C16H21FN2O/c1-4-12(3)19(5-2)16(20)14-9-8-13(7-6-10-18)11-15(14)17/h8-9,11-12H,4-5,10,18H2,1-3H3. The quantitative estimate of drug-likeness (QED) is 0.858. The maximum Gasteiger partial charge on any atom is 0.257 e. The molecule has 0 aromatic heterocycles. The molecule has 0 aliphatic heterocycles. The molecule has 0 bridgehead atoms. The van der Waals surface area contributed by atoms with Gasteiger partial charge in [0.25, 0.3) is 5.91 Å². The van der Waals surface area contributed by atoms with Crippen LogP contribution in [0, 0.1) is 17.7 Å². The summed E-state index contributed by atoms with van der Waals surface area (Å²) in [7, 11) is 0. The zero-order valence-electron chi connectivity index (χ0n) is 12.2. The van der Waals surface area contributed by atoms with Gasteiger partial charge >= 0.3 is 0 Å². The van der Waals surface area contributed by atoms with Crippen molar-refractivity contribution in [3.05, 3.63) is 35.1 Å². The highest BCUT2D eigenvalue weighted by atomic mass is 19.1. The minimum Gasteiger partial charge on any atom is -0.336 e. The summed E-state index contributed by atoms with van der Waals surface area (Å²) in [6.07, 6.45) is 0.835. The van der Waals surface area contributed by atoms with E-state index < -0.39 is 5.82 Å². The first-order valence-corrected chi connectivity index (χ1v) is 6.84. The van der Waals surface area contributed by atoms with Gasteiger partial charge in [0.15, 0.2) is 0 Å². The molecule has 0 aliphatic rings. The van der Waals surface area contributed by atoms with E-state index in [4.69, 9.17) is 5.73 Å². The van der Waals surface area contributed by atoms with Crippen LogP contribution in [-0.2, 0) is 0 Å². The minimum atomic E-state index is -0.541. The molecule has 1 unspecified atom stereocenters. The fourth-order valence-corrected chi connectivity index (χ4v) is 1.95. The summed E-state index contributed by atoms with van der Waals surface area (Å²) in [5.41, 5.74) is 5.88. The molecule has 1 rings (SSSR count). The Kier molecular flexibility index (Phi) is 6.20. The lowest BCUT2D eigenvalue weighted by molar-refractivity contribution is 0.0695. The molecule has 0 radical (unpaired) electrons. The van der Waals surface area contributed by atoms with Gasteiger partial charge in [0, 0.05) is 18.2 Å². The van der Waals surface area contributed by atoms with Crippen molar-refractivity contribution in [2.75, 3.05) is 13.1 Å². The topological polar surface area (TPSA) is 46.3 Å². The smallest absolute Gasteiger partial charge is 0.257 e. The van der Waals surface area contributed by atoms with Crippen LogP contribution in [0.2, 0.25) is 0 Å². The molecule has 2 N–H and O–H groups in total. The molecule has 1 aromatic carbocycles. The van der Waals surface area contributed by atoms with Crippen molar-refractivity contribution < 1.29 is 9.18 Å². The average Bonchev–Trinajstić information content (AvgIpc) is 2.45. The van der Waals surface area contributed by atoms with Crippen molar-refractivity contribution >= 4 is 5.91 Å². The number of rotatable bonds is 4. The summed E-state index contributed by atoms with van der Waals surface area (Å²) in [4.78, 5) is 14.0. The molecule has 1 atom stereocenters. The molecule has 20 heavy (non-hydrogen) atoms. The van der Waals surface area contributed by atoms with Crippen LogP contribution in [0.1, 0.15) is 43.1 Å². The number of hydrogen-bond donors (Lipinski definition) is 1. The van der Waals surface area contributed by atoms with Crippen LogP contribution in [0.25, 0.3) is 0 Å². The molecule has 0 saturated carbocycles. The number of carbonyl (C=O) groups is 1. The number of nitrogens with zero attached hydrogens (tertiary/aromatic N) is 1. The molecule has 0 spiro atoms. The molecule has 0 heterocycles. The molecule has 3 nitrogen and oxygen atoms in total. The Balaban J connectivity index is 3.04. The number of carbonyl (C=O) groups excluding carboxylic acids is 1. The van der Waals surface area contributed by atoms with Gasteiger partial charge in [0.05, 0.1) is 12.1 Å². The highest BCUT2D eigenvalue weighted by Crippen LogP contribution is 2.15. The summed E-state index contributed by atoms with van der Waals surface area (Å²) >= 11 is 0. The Morgan fingerprint density at radius 1 is 1.45 bits per heavy atom. The van der Waals surface area contributed by atoms with Crippen LogP contribution in [0.5, 0.6) is 0 Å². The number of amides is 1. The summed E-state index contributed by atoms with van der Waals surface area (Å²) in [5.74, 6) is 4.58. The first kappa shape index (κ1) is 16.2. The summed E-state index contributed by atoms with van der Waals surface area (Å²) < 4.78 is 14.0. The van der Waals surface area contributed by atoms with Crippen molar-refractivity contribution in [2.45, 2.75) is 33.2 Å². The number of nitrogens with two attached hydrogens (primary N) is 1. The molecule has 0 saturated heterocycles. The van der Waals surface area contributed by atoms with Crippen LogP contribution >= 0.6 is 0 Å². The third-order valence-corrected chi connectivity index (χ3v) is 3.26. The highest BCUT2D eigenvalue weighted by Gasteiger charge is 2.21. The van der Waals surface area contributed by atoms with E-state index in [1.165, 1.54) is 12.1 Å². The van der Waals surface area contributed by atoms with E-state index in [9.17, 15) is 9.18 Å². The van der Waals surface area contributed by atoms with Gasteiger partial charge in [-0.1, -0.05) is 18.8 Å². The molecule has 108 valence electrons. The van der Waals surface area contributed by atoms with E-state index in [-0.39, 0.29) is 24.1 Å². The molecule has 1 aromatic rings. The lowest BCUT2D eigenvalue weighted by Crippen LogP contribution is -2.38. The van der Waals surface area contributed by atoms with Gasteiger partial charge in [-0.05, 0) is 38.5 Å². The van der Waals surface area contributed by atoms with Crippen LogP contribution in [0.3, 0.4) is 0 Å². The first-order valence-electron chi connectivity index (χ1n) is 6.84. The minimum absolute atomic E-state index is 0.0867. The number of hydrogen-bond acceptors (Lipinski definition) is 2. The predicted molar refractivity (Wildman–Crippen MR) is 78.8 cm³/mol. The van der Waals surface area contributed by atoms with Gasteiger partial charge in [-0.15, -0.1) is 0 Å². The lowest BCUT2D eigenvalue weighted by Gasteiger charge is -2.27. The Bertz CT molecular complexity index is 531. The van der Waals surface area contributed by atoms with Crippen molar-refractivity contribution in [1.29, 1.82) is 0 Å². The second-order valence-electron chi connectivity index (χ2n) is 4.55. The average molecular weight is 276 g/mol. The van der Waals surface area contributed by atoms with Crippen molar-refractivity contribution in [2.24, 2.45) is 5.73 Å². The third kappa shape index (κ3) is 3.82. The zero-order chi connectivity index (χ0) is 15.1. The van der Waals surface area contributed by atoms with E-state index in [1.807, 2.05) is 20.8 Å². The molecule has 4 heteroatoms. The Morgan fingerprint density at radius 2 is 2.15 bits per heavy atom. The third-order valence-electron chi connectivity index (χ3n) is 3.26. The van der Waals surface area contributed by atoms with E-state index in [0.717, 1.165) is 6.42 Å². The van der Waals surface area contributed by atoms with Crippen molar-refractivity contribution in [3.8, 4) is 11.8 Å². The maximum absolute atomic E-state index is 14.0. The first-order chi connectivity index (χ1) is 9.54. The van der Waals surface area contributed by atoms with E-state index in [2.05, 4.69) is 11.8 Å². The molecule has 1 amide bonds.